The van der Waals surface area contributed by atoms with Crippen molar-refractivity contribution in [1.82, 2.24) is 0 Å². The van der Waals surface area contributed by atoms with Crippen LogP contribution in [0.5, 0.6) is 0 Å². The number of nitrogens with two attached hydrogens (primary N) is 1. The van der Waals surface area contributed by atoms with Crippen molar-refractivity contribution in [3.8, 4) is 6.07 Å². The zero-order chi connectivity index (χ0) is 13.2. The summed E-state index contributed by atoms with van der Waals surface area (Å²) in [7, 11) is 0. The number of benzene rings is 1. The molecule has 0 spiro atoms. The zero-order valence-corrected chi connectivity index (χ0v) is 11.4. The van der Waals surface area contributed by atoms with E-state index < -0.39 is 0 Å². The van der Waals surface area contributed by atoms with Gasteiger partial charge in [0.1, 0.15) is 0 Å². The average molecular weight is 242 g/mol. The van der Waals surface area contributed by atoms with E-state index in [0.29, 0.717) is 6.54 Å². The van der Waals surface area contributed by atoms with Crippen molar-refractivity contribution in [2.75, 3.05) is 6.54 Å². The van der Waals surface area contributed by atoms with E-state index in [1.54, 1.807) is 0 Å². The van der Waals surface area contributed by atoms with E-state index >= 15 is 0 Å². The van der Waals surface area contributed by atoms with Crippen LogP contribution in [0, 0.1) is 25.2 Å². The van der Waals surface area contributed by atoms with Crippen LogP contribution >= 0.6 is 0 Å². The molecular formula is C16H22N2. The molecule has 0 atom stereocenters. The molecule has 96 valence electrons. The molecule has 0 aromatic heterocycles. The molecule has 1 fully saturated rings. The van der Waals surface area contributed by atoms with Gasteiger partial charge in [0.25, 0.3) is 0 Å². The van der Waals surface area contributed by atoms with Crippen LogP contribution in [0.1, 0.15) is 54.4 Å². The fourth-order valence-corrected chi connectivity index (χ4v) is 3.12. The second-order valence-corrected chi connectivity index (χ2v) is 5.62. The Hall–Kier alpha value is -1.33. The van der Waals surface area contributed by atoms with Gasteiger partial charge in [-0.15, -0.1) is 0 Å². The number of nitrogens with zero attached hydrogens (tertiary/aromatic N) is 1. The molecular weight excluding hydrogens is 220 g/mol. The molecule has 0 amide bonds. The summed E-state index contributed by atoms with van der Waals surface area (Å²) in [5.41, 5.74) is 10.6. The maximum absolute atomic E-state index is 9.24. The topological polar surface area (TPSA) is 49.8 Å². The Bertz CT molecular complexity index is 477. The average Bonchev–Trinajstić information content (AvgIpc) is 2.42. The van der Waals surface area contributed by atoms with Crippen LogP contribution in [0.15, 0.2) is 12.1 Å². The van der Waals surface area contributed by atoms with E-state index in [0.717, 1.165) is 24.0 Å². The minimum atomic E-state index is 0.113. The normalized spacial score (nSPS) is 18.3. The lowest BCUT2D eigenvalue weighted by Crippen LogP contribution is -2.37. The molecule has 1 aromatic rings. The van der Waals surface area contributed by atoms with E-state index in [2.05, 4.69) is 25.1 Å². The number of hydrogen-bond acceptors (Lipinski definition) is 2. The van der Waals surface area contributed by atoms with Gasteiger partial charge in [-0.25, -0.2) is 0 Å². The van der Waals surface area contributed by atoms with Gasteiger partial charge in [0.05, 0.1) is 11.6 Å². The molecule has 0 bridgehead atoms. The van der Waals surface area contributed by atoms with Crippen molar-refractivity contribution >= 4 is 0 Å². The third-order valence-corrected chi connectivity index (χ3v) is 4.60. The predicted octanol–water partition coefficient (Wildman–Crippen LogP) is 3.34. The summed E-state index contributed by atoms with van der Waals surface area (Å²) in [5.74, 6) is 0. The highest BCUT2D eigenvalue weighted by Crippen LogP contribution is 2.39. The fraction of sp³-hybridized carbons (Fsp3) is 0.562. The Labute approximate surface area is 110 Å². The lowest BCUT2D eigenvalue weighted by Gasteiger charge is -2.37. The molecule has 0 radical (unpaired) electrons. The smallest absolute Gasteiger partial charge is 0.0994 e. The first-order chi connectivity index (χ1) is 8.63. The van der Waals surface area contributed by atoms with Crippen LogP contribution in [0.25, 0.3) is 0 Å². The van der Waals surface area contributed by atoms with Gasteiger partial charge < -0.3 is 5.73 Å². The van der Waals surface area contributed by atoms with Gasteiger partial charge in [-0.2, -0.15) is 5.26 Å². The van der Waals surface area contributed by atoms with Crippen LogP contribution in [-0.4, -0.2) is 6.54 Å². The molecule has 2 heteroatoms. The highest BCUT2D eigenvalue weighted by atomic mass is 14.6. The van der Waals surface area contributed by atoms with Crippen molar-refractivity contribution in [3.05, 3.63) is 34.4 Å². The van der Waals surface area contributed by atoms with Crippen LogP contribution in [0.2, 0.25) is 0 Å². The highest BCUT2D eigenvalue weighted by molar-refractivity contribution is 5.47. The van der Waals surface area contributed by atoms with Crippen LogP contribution in [-0.2, 0) is 5.41 Å². The second kappa shape index (κ2) is 5.12. The Morgan fingerprint density at radius 2 is 1.89 bits per heavy atom. The van der Waals surface area contributed by atoms with E-state index in [1.165, 1.54) is 30.4 Å². The van der Waals surface area contributed by atoms with E-state index in [9.17, 15) is 5.26 Å². The maximum atomic E-state index is 9.24. The van der Waals surface area contributed by atoms with E-state index in [1.807, 2.05) is 6.92 Å². The fourth-order valence-electron chi connectivity index (χ4n) is 3.12. The number of aryl methyl sites for hydroxylation is 1. The van der Waals surface area contributed by atoms with Gasteiger partial charge in [0.2, 0.25) is 0 Å². The Morgan fingerprint density at radius 1 is 1.22 bits per heavy atom. The SMILES string of the molecule is Cc1cc(C2(CN)CCCCC2)cc(C#N)c1C. The van der Waals surface area contributed by atoms with E-state index in [-0.39, 0.29) is 5.41 Å². The lowest BCUT2D eigenvalue weighted by molar-refractivity contribution is 0.300. The van der Waals surface area contributed by atoms with Gasteiger partial charge in [0, 0.05) is 12.0 Å². The summed E-state index contributed by atoms with van der Waals surface area (Å²) in [4.78, 5) is 0. The Kier molecular flexibility index (Phi) is 3.73. The summed E-state index contributed by atoms with van der Waals surface area (Å²) in [6, 6.07) is 6.63. The molecule has 1 aliphatic rings. The zero-order valence-electron chi connectivity index (χ0n) is 11.4. The molecule has 18 heavy (non-hydrogen) atoms. The third kappa shape index (κ3) is 2.15. The van der Waals surface area contributed by atoms with Crippen molar-refractivity contribution < 1.29 is 0 Å². The van der Waals surface area contributed by atoms with Crippen LogP contribution in [0.3, 0.4) is 0 Å². The lowest BCUT2D eigenvalue weighted by atomic mass is 9.68. The summed E-state index contributed by atoms with van der Waals surface area (Å²) in [6.07, 6.45) is 6.16. The number of rotatable bonds is 2. The van der Waals surface area contributed by atoms with Gasteiger partial charge in [0.15, 0.2) is 0 Å². The van der Waals surface area contributed by atoms with E-state index in [4.69, 9.17) is 5.73 Å². The monoisotopic (exact) mass is 242 g/mol. The van der Waals surface area contributed by atoms with Gasteiger partial charge in [-0.3, -0.25) is 0 Å². The molecule has 2 rings (SSSR count). The van der Waals surface area contributed by atoms with Gasteiger partial charge in [-0.1, -0.05) is 25.3 Å². The second-order valence-electron chi connectivity index (χ2n) is 5.62. The molecule has 0 saturated heterocycles. The highest BCUT2D eigenvalue weighted by Gasteiger charge is 2.33. The molecule has 2 nitrogen and oxygen atoms in total. The van der Waals surface area contributed by atoms with Crippen molar-refractivity contribution in [3.63, 3.8) is 0 Å². The quantitative estimate of drug-likeness (QED) is 0.864. The van der Waals surface area contributed by atoms with Crippen molar-refractivity contribution in [2.45, 2.75) is 51.4 Å². The number of nitriles is 1. The van der Waals surface area contributed by atoms with Gasteiger partial charge in [-0.05, 0) is 49.4 Å². The predicted molar refractivity (Wildman–Crippen MR) is 74.4 cm³/mol. The first-order valence-corrected chi connectivity index (χ1v) is 6.85. The van der Waals surface area contributed by atoms with Crippen LogP contribution < -0.4 is 5.73 Å². The summed E-state index contributed by atoms with van der Waals surface area (Å²) in [5, 5.41) is 9.24. The molecule has 1 aromatic carbocycles. The minimum absolute atomic E-state index is 0.113. The first-order valence-electron chi connectivity index (χ1n) is 6.85. The standard InChI is InChI=1S/C16H22N2/c1-12-8-15(9-14(10-17)13(12)2)16(11-18)6-4-3-5-7-16/h8-9H,3-7,11,18H2,1-2H3. The molecule has 0 heterocycles. The third-order valence-electron chi connectivity index (χ3n) is 4.60. The van der Waals surface area contributed by atoms with Crippen molar-refractivity contribution in [2.24, 2.45) is 5.73 Å². The summed E-state index contributed by atoms with van der Waals surface area (Å²) < 4.78 is 0. The minimum Gasteiger partial charge on any atom is -0.330 e. The molecule has 0 unspecified atom stereocenters. The summed E-state index contributed by atoms with van der Waals surface area (Å²) >= 11 is 0. The number of hydrogen-bond donors (Lipinski definition) is 1. The van der Waals surface area contributed by atoms with Gasteiger partial charge >= 0.3 is 0 Å². The molecule has 0 aliphatic heterocycles. The molecule has 1 saturated carbocycles. The Balaban J connectivity index is 2.49. The molecule has 1 aliphatic carbocycles. The maximum Gasteiger partial charge on any atom is 0.0994 e. The van der Waals surface area contributed by atoms with Crippen molar-refractivity contribution in [1.29, 1.82) is 5.26 Å². The molecule has 2 N–H and O–H groups in total. The largest absolute Gasteiger partial charge is 0.330 e. The summed E-state index contributed by atoms with van der Waals surface area (Å²) in [6.45, 7) is 4.81. The Morgan fingerprint density at radius 3 is 2.44 bits per heavy atom. The van der Waals surface area contributed by atoms with Crippen LogP contribution in [0.4, 0.5) is 0 Å². The first kappa shape index (κ1) is 13.1.